The molecular weight excluding hydrogens is 250 g/mol. The van der Waals surface area contributed by atoms with Crippen LogP contribution in [0.25, 0.3) is 0 Å². The van der Waals surface area contributed by atoms with Crippen molar-refractivity contribution in [3.05, 3.63) is 72.4 Å². The molecule has 0 bridgehead atoms. The van der Waals surface area contributed by atoms with Gasteiger partial charge in [0.2, 0.25) is 0 Å². The van der Waals surface area contributed by atoms with Gasteiger partial charge in [-0.05, 0) is 17.7 Å². The van der Waals surface area contributed by atoms with Crippen molar-refractivity contribution in [2.24, 2.45) is 10.2 Å². The lowest BCUT2D eigenvalue weighted by molar-refractivity contribution is 0.650. The summed E-state index contributed by atoms with van der Waals surface area (Å²) in [4.78, 5) is 0. The van der Waals surface area contributed by atoms with E-state index in [9.17, 15) is 0 Å². The third kappa shape index (κ3) is 2.95. The van der Waals surface area contributed by atoms with Crippen LogP contribution in [0.2, 0.25) is 0 Å². The predicted octanol–water partition coefficient (Wildman–Crippen LogP) is 3.74. The number of aromatic nitrogens is 3. The summed E-state index contributed by atoms with van der Waals surface area (Å²) < 4.78 is 1.72. The van der Waals surface area contributed by atoms with E-state index in [1.165, 1.54) is 0 Å². The predicted molar refractivity (Wildman–Crippen MR) is 76.2 cm³/mol. The van der Waals surface area contributed by atoms with Gasteiger partial charge < -0.3 is 0 Å². The van der Waals surface area contributed by atoms with E-state index in [0.717, 1.165) is 11.3 Å². The second kappa shape index (κ2) is 5.88. The Morgan fingerprint density at radius 1 is 0.850 bits per heavy atom. The van der Waals surface area contributed by atoms with Gasteiger partial charge in [0.15, 0.2) is 5.82 Å². The van der Waals surface area contributed by atoms with E-state index >= 15 is 0 Å². The fourth-order valence-electron chi connectivity index (χ4n) is 1.80. The first kappa shape index (κ1) is 12.2. The highest BCUT2D eigenvalue weighted by atomic mass is 15.5. The second-order valence-electron chi connectivity index (χ2n) is 4.27. The van der Waals surface area contributed by atoms with E-state index in [1.54, 1.807) is 10.9 Å². The molecule has 0 saturated carbocycles. The standard InChI is InChI=1S/C15H13N5/c1-3-7-13(8-4-1)12-20-15(11-16-19-20)18-17-14-9-5-2-6-10-14/h1-11H,12H2. The van der Waals surface area contributed by atoms with E-state index in [0.29, 0.717) is 12.4 Å². The van der Waals surface area contributed by atoms with Crippen molar-refractivity contribution in [3.8, 4) is 0 Å². The van der Waals surface area contributed by atoms with Crippen LogP contribution in [0.5, 0.6) is 0 Å². The van der Waals surface area contributed by atoms with Gasteiger partial charge in [-0.15, -0.1) is 15.3 Å². The molecule has 0 atom stereocenters. The van der Waals surface area contributed by atoms with E-state index in [-0.39, 0.29) is 0 Å². The Morgan fingerprint density at radius 2 is 1.55 bits per heavy atom. The lowest BCUT2D eigenvalue weighted by Gasteiger charge is -2.02. The Kier molecular flexibility index (Phi) is 3.59. The van der Waals surface area contributed by atoms with Gasteiger partial charge in [-0.25, -0.2) is 4.68 Å². The van der Waals surface area contributed by atoms with Crippen molar-refractivity contribution in [3.63, 3.8) is 0 Å². The molecule has 0 fully saturated rings. The van der Waals surface area contributed by atoms with E-state index in [2.05, 4.69) is 20.5 Å². The Morgan fingerprint density at radius 3 is 2.30 bits per heavy atom. The number of rotatable bonds is 4. The van der Waals surface area contributed by atoms with Crippen LogP contribution in [0.15, 0.2) is 77.1 Å². The minimum absolute atomic E-state index is 0.629. The maximum Gasteiger partial charge on any atom is 0.193 e. The maximum absolute atomic E-state index is 4.20. The second-order valence-corrected chi connectivity index (χ2v) is 4.27. The van der Waals surface area contributed by atoms with Crippen LogP contribution in [0.3, 0.4) is 0 Å². The monoisotopic (exact) mass is 263 g/mol. The molecule has 3 rings (SSSR count). The summed E-state index contributed by atoms with van der Waals surface area (Å²) in [5, 5.41) is 16.3. The summed E-state index contributed by atoms with van der Waals surface area (Å²) in [6.45, 7) is 0.629. The molecule has 0 aliphatic carbocycles. The fourth-order valence-corrected chi connectivity index (χ4v) is 1.80. The van der Waals surface area contributed by atoms with Gasteiger partial charge in [0, 0.05) is 0 Å². The fraction of sp³-hybridized carbons (Fsp3) is 0.0667. The first-order chi connectivity index (χ1) is 9.92. The molecule has 0 unspecified atom stereocenters. The zero-order chi connectivity index (χ0) is 13.6. The normalized spacial score (nSPS) is 11.0. The molecule has 0 saturated heterocycles. The Balaban J connectivity index is 1.79. The van der Waals surface area contributed by atoms with Gasteiger partial charge in [0.1, 0.15) is 0 Å². The molecule has 20 heavy (non-hydrogen) atoms. The smallest absolute Gasteiger partial charge is 0.193 e. The summed E-state index contributed by atoms with van der Waals surface area (Å²) in [6, 6.07) is 19.7. The quantitative estimate of drug-likeness (QED) is 0.673. The molecule has 2 aromatic carbocycles. The minimum atomic E-state index is 0.629. The molecule has 0 amide bonds. The Labute approximate surface area is 116 Å². The zero-order valence-electron chi connectivity index (χ0n) is 10.8. The highest BCUT2D eigenvalue weighted by Crippen LogP contribution is 2.17. The van der Waals surface area contributed by atoms with Crippen LogP contribution in [0.1, 0.15) is 5.56 Å². The first-order valence-corrected chi connectivity index (χ1v) is 6.31. The van der Waals surface area contributed by atoms with Crippen molar-refractivity contribution in [2.75, 3.05) is 0 Å². The molecule has 98 valence electrons. The first-order valence-electron chi connectivity index (χ1n) is 6.31. The molecule has 1 heterocycles. The SMILES string of the molecule is c1ccc(Cn2nncc2N=Nc2ccccc2)cc1. The van der Waals surface area contributed by atoms with Crippen LogP contribution >= 0.6 is 0 Å². The largest absolute Gasteiger partial charge is 0.222 e. The summed E-state index contributed by atoms with van der Waals surface area (Å²) in [5.41, 5.74) is 1.95. The highest BCUT2D eigenvalue weighted by molar-refractivity contribution is 5.36. The maximum atomic E-state index is 4.20. The van der Waals surface area contributed by atoms with Crippen LogP contribution in [-0.2, 0) is 6.54 Å². The van der Waals surface area contributed by atoms with Gasteiger partial charge in [-0.1, -0.05) is 53.7 Å². The van der Waals surface area contributed by atoms with Crippen molar-refractivity contribution in [1.29, 1.82) is 0 Å². The molecule has 0 aliphatic heterocycles. The lowest BCUT2D eigenvalue weighted by atomic mass is 10.2. The van der Waals surface area contributed by atoms with Crippen LogP contribution in [-0.4, -0.2) is 15.0 Å². The van der Waals surface area contributed by atoms with Crippen LogP contribution in [0, 0.1) is 0 Å². The summed E-state index contributed by atoms with van der Waals surface area (Å²) in [5.74, 6) is 0.637. The summed E-state index contributed by atoms with van der Waals surface area (Å²) >= 11 is 0. The molecule has 5 nitrogen and oxygen atoms in total. The summed E-state index contributed by atoms with van der Waals surface area (Å²) in [6.07, 6.45) is 1.61. The van der Waals surface area contributed by atoms with E-state index < -0.39 is 0 Å². The minimum Gasteiger partial charge on any atom is -0.222 e. The van der Waals surface area contributed by atoms with E-state index in [1.807, 2.05) is 60.7 Å². The molecular formula is C15H13N5. The summed E-state index contributed by atoms with van der Waals surface area (Å²) in [7, 11) is 0. The average Bonchev–Trinajstić information content (AvgIpc) is 2.94. The molecule has 5 heteroatoms. The molecule has 3 aromatic rings. The number of hydrogen-bond donors (Lipinski definition) is 0. The number of hydrogen-bond acceptors (Lipinski definition) is 4. The van der Waals surface area contributed by atoms with Gasteiger partial charge in [0.05, 0.1) is 18.4 Å². The topological polar surface area (TPSA) is 55.4 Å². The third-order valence-corrected chi connectivity index (χ3v) is 2.80. The van der Waals surface area contributed by atoms with Crippen molar-refractivity contribution in [2.45, 2.75) is 6.54 Å². The number of azo groups is 1. The number of benzene rings is 2. The number of nitrogens with zero attached hydrogens (tertiary/aromatic N) is 5. The van der Waals surface area contributed by atoms with Crippen molar-refractivity contribution < 1.29 is 0 Å². The molecule has 1 aromatic heterocycles. The van der Waals surface area contributed by atoms with Gasteiger partial charge in [-0.2, -0.15) is 0 Å². The van der Waals surface area contributed by atoms with Crippen LogP contribution < -0.4 is 0 Å². The molecule has 0 spiro atoms. The average molecular weight is 263 g/mol. The van der Waals surface area contributed by atoms with Gasteiger partial charge >= 0.3 is 0 Å². The van der Waals surface area contributed by atoms with E-state index in [4.69, 9.17) is 0 Å². The molecule has 0 radical (unpaired) electrons. The Hall–Kier alpha value is -2.82. The van der Waals surface area contributed by atoms with Crippen molar-refractivity contribution >= 4 is 11.5 Å². The van der Waals surface area contributed by atoms with Crippen molar-refractivity contribution in [1.82, 2.24) is 15.0 Å². The van der Waals surface area contributed by atoms with Gasteiger partial charge in [0.25, 0.3) is 0 Å². The zero-order valence-corrected chi connectivity index (χ0v) is 10.8. The lowest BCUT2D eigenvalue weighted by Crippen LogP contribution is -2.01. The molecule has 0 N–H and O–H groups in total. The van der Waals surface area contributed by atoms with Crippen LogP contribution in [0.4, 0.5) is 11.5 Å². The highest BCUT2D eigenvalue weighted by Gasteiger charge is 2.03. The van der Waals surface area contributed by atoms with Gasteiger partial charge in [-0.3, -0.25) is 0 Å². The Bertz CT molecular complexity index is 689. The molecule has 0 aliphatic rings. The third-order valence-electron chi connectivity index (χ3n) is 2.80.